The fraction of sp³-hybridized carbons (Fsp3) is 0.389. The van der Waals surface area contributed by atoms with Crippen LogP contribution in [-0.2, 0) is 0 Å². The first kappa shape index (κ1) is 15.7. The molecule has 0 bridgehead atoms. The number of rotatable bonds is 5. The first-order valence-electron chi connectivity index (χ1n) is 7.57. The third-order valence-electron chi connectivity index (χ3n) is 4.15. The van der Waals surface area contributed by atoms with E-state index in [-0.39, 0.29) is 12.1 Å². The van der Waals surface area contributed by atoms with Crippen LogP contribution in [-0.4, -0.2) is 24.3 Å². The van der Waals surface area contributed by atoms with E-state index < -0.39 is 0 Å². The second-order valence-corrected chi connectivity index (χ2v) is 5.62. The van der Waals surface area contributed by atoms with Crippen LogP contribution in [0, 0.1) is 11.3 Å². The van der Waals surface area contributed by atoms with E-state index in [2.05, 4.69) is 42.6 Å². The minimum atomic E-state index is 0.0662. The van der Waals surface area contributed by atoms with Crippen molar-refractivity contribution < 1.29 is 0 Å². The lowest BCUT2D eigenvalue weighted by molar-refractivity contribution is 0.348. The van der Waals surface area contributed by atoms with Gasteiger partial charge in [-0.25, -0.2) is 0 Å². The molecule has 0 aliphatic heterocycles. The van der Waals surface area contributed by atoms with Crippen molar-refractivity contribution in [2.24, 2.45) is 11.7 Å². The molecule has 0 amide bonds. The maximum Gasteiger partial charge on any atom is 0.0311 e. The van der Waals surface area contributed by atoms with Crippen LogP contribution in [0.3, 0.4) is 0 Å². The fourth-order valence-electron chi connectivity index (χ4n) is 3.13. The van der Waals surface area contributed by atoms with Crippen molar-refractivity contribution in [3.8, 4) is 0 Å². The molecule has 0 saturated carbocycles. The highest BCUT2D eigenvalue weighted by molar-refractivity contribution is 5.70. The number of hydrogen-bond acceptors (Lipinski definition) is 3. The van der Waals surface area contributed by atoms with Gasteiger partial charge in [0.2, 0.25) is 0 Å². The summed E-state index contributed by atoms with van der Waals surface area (Å²) < 4.78 is 0. The minimum absolute atomic E-state index is 0.0662. The Kier molecular flexibility index (Phi) is 5.48. The molecule has 21 heavy (non-hydrogen) atoms. The average molecular weight is 283 g/mol. The van der Waals surface area contributed by atoms with Gasteiger partial charge < -0.3 is 16.5 Å². The summed E-state index contributed by atoms with van der Waals surface area (Å²) in [6.45, 7) is 4.14. The van der Waals surface area contributed by atoms with Crippen molar-refractivity contribution in [2.45, 2.75) is 38.4 Å². The molecule has 0 aromatic rings. The molecular formula is C18H25N3. The summed E-state index contributed by atoms with van der Waals surface area (Å²) in [4.78, 5) is 0. The standard InChI is InChI=1S/C18H25N3/c1-3-6-14(11-12-19)13(2)21-17-10-5-8-15-7-4-9-16(20)18(15)17/h3-9,11-13,16-19,21H,10,20H2,1-2H3/b6-3-,14-11+,19-12?. The molecule has 4 N–H and O–H groups in total. The molecule has 0 spiro atoms. The monoisotopic (exact) mass is 283 g/mol. The molecule has 4 unspecified atom stereocenters. The van der Waals surface area contributed by atoms with Gasteiger partial charge in [0.1, 0.15) is 0 Å². The first-order chi connectivity index (χ1) is 10.2. The molecule has 2 rings (SSSR count). The molecule has 4 atom stereocenters. The van der Waals surface area contributed by atoms with Crippen LogP contribution >= 0.6 is 0 Å². The highest BCUT2D eigenvalue weighted by atomic mass is 15.0. The third-order valence-corrected chi connectivity index (χ3v) is 4.15. The van der Waals surface area contributed by atoms with E-state index in [1.807, 2.05) is 25.2 Å². The summed E-state index contributed by atoms with van der Waals surface area (Å²) in [5, 5.41) is 11.0. The molecule has 0 aromatic carbocycles. The van der Waals surface area contributed by atoms with Crippen LogP contribution in [0.5, 0.6) is 0 Å². The largest absolute Gasteiger partial charge is 0.324 e. The van der Waals surface area contributed by atoms with Crippen LogP contribution in [0.25, 0.3) is 0 Å². The first-order valence-corrected chi connectivity index (χ1v) is 7.57. The Morgan fingerprint density at radius 1 is 1.52 bits per heavy atom. The Labute approximate surface area is 127 Å². The zero-order valence-electron chi connectivity index (χ0n) is 12.8. The molecule has 2 aliphatic rings. The molecular weight excluding hydrogens is 258 g/mol. The summed E-state index contributed by atoms with van der Waals surface area (Å²) in [7, 11) is 0. The highest BCUT2D eigenvalue weighted by Gasteiger charge is 2.32. The Morgan fingerprint density at radius 2 is 2.33 bits per heavy atom. The molecule has 0 aromatic heterocycles. The summed E-state index contributed by atoms with van der Waals surface area (Å²) in [5.41, 5.74) is 8.71. The summed E-state index contributed by atoms with van der Waals surface area (Å²) >= 11 is 0. The molecule has 0 radical (unpaired) electrons. The smallest absolute Gasteiger partial charge is 0.0311 e. The van der Waals surface area contributed by atoms with Gasteiger partial charge in [-0.05, 0) is 37.5 Å². The van der Waals surface area contributed by atoms with Crippen molar-refractivity contribution >= 4 is 6.21 Å². The van der Waals surface area contributed by atoms with E-state index in [1.54, 1.807) is 0 Å². The number of hydrogen-bond donors (Lipinski definition) is 3. The fourth-order valence-corrected chi connectivity index (χ4v) is 3.13. The normalized spacial score (nSPS) is 30.1. The third kappa shape index (κ3) is 3.69. The Morgan fingerprint density at radius 3 is 3.05 bits per heavy atom. The lowest BCUT2D eigenvalue weighted by Crippen LogP contribution is -2.50. The van der Waals surface area contributed by atoms with E-state index >= 15 is 0 Å². The van der Waals surface area contributed by atoms with Crippen LogP contribution in [0.4, 0.5) is 0 Å². The zero-order valence-corrected chi connectivity index (χ0v) is 12.8. The second-order valence-electron chi connectivity index (χ2n) is 5.62. The molecule has 3 heteroatoms. The van der Waals surface area contributed by atoms with E-state index in [0.29, 0.717) is 12.0 Å². The maximum absolute atomic E-state index is 7.29. The number of nitrogens with two attached hydrogens (primary N) is 1. The molecule has 0 heterocycles. The van der Waals surface area contributed by atoms with Crippen molar-refractivity contribution in [1.29, 1.82) is 5.41 Å². The van der Waals surface area contributed by atoms with Gasteiger partial charge in [-0.1, -0.05) is 42.5 Å². The van der Waals surface area contributed by atoms with Crippen molar-refractivity contribution in [2.75, 3.05) is 0 Å². The van der Waals surface area contributed by atoms with Crippen molar-refractivity contribution in [1.82, 2.24) is 5.32 Å². The van der Waals surface area contributed by atoms with E-state index in [0.717, 1.165) is 12.0 Å². The number of allylic oxidation sites excluding steroid dienone is 5. The van der Waals surface area contributed by atoms with Crippen LogP contribution in [0.2, 0.25) is 0 Å². The lowest BCUT2D eigenvalue weighted by atomic mass is 9.77. The van der Waals surface area contributed by atoms with Gasteiger partial charge in [0, 0.05) is 30.3 Å². The SMILES string of the molecule is C/C=C\C(=C/C=N)C(C)NC1CC=CC2=CC=CC(N)C21. The van der Waals surface area contributed by atoms with E-state index in [9.17, 15) is 0 Å². The van der Waals surface area contributed by atoms with Gasteiger partial charge >= 0.3 is 0 Å². The van der Waals surface area contributed by atoms with Gasteiger partial charge in [-0.15, -0.1) is 0 Å². The van der Waals surface area contributed by atoms with Crippen LogP contribution in [0.1, 0.15) is 20.3 Å². The van der Waals surface area contributed by atoms with Gasteiger partial charge in [0.25, 0.3) is 0 Å². The summed E-state index contributed by atoms with van der Waals surface area (Å²) in [6.07, 6.45) is 18.9. The van der Waals surface area contributed by atoms with Gasteiger partial charge in [0.05, 0.1) is 0 Å². The Balaban J connectivity index is 2.13. The topological polar surface area (TPSA) is 61.9 Å². The average Bonchev–Trinajstić information content (AvgIpc) is 2.47. The number of fused-ring (bicyclic) bond motifs is 1. The van der Waals surface area contributed by atoms with Crippen LogP contribution < -0.4 is 11.1 Å². The van der Waals surface area contributed by atoms with E-state index in [4.69, 9.17) is 11.1 Å². The highest BCUT2D eigenvalue weighted by Crippen LogP contribution is 2.30. The Bertz CT molecular complexity index is 523. The van der Waals surface area contributed by atoms with Crippen LogP contribution in [0.15, 0.2) is 59.8 Å². The lowest BCUT2D eigenvalue weighted by Gasteiger charge is -2.37. The molecule has 0 saturated heterocycles. The predicted octanol–water partition coefficient (Wildman–Crippen LogP) is 2.88. The maximum atomic E-state index is 7.29. The minimum Gasteiger partial charge on any atom is -0.324 e. The quantitative estimate of drug-likeness (QED) is 0.536. The molecule has 2 aliphatic carbocycles. The van der Waals surface area contributed by atoms with E-state index in [1.165, 1.54) is 11.8 Å². The van der Waals surface area contributed by atoms with Crippen molar-refractivity contribution in [3.63, 3.8) is 0 Å². The zero-order chi connectivity index (χ0) is 15.2. The Hall–Kier alpha value is -1.71. The molecule has 3 nitrogen and oxygen atoms in total. The van der Waals surface area contributed by atoms with Gasteiger partial charge in [0.15, 0.2) is 0 Å². The second kappa shape index (κ2) is 7.34. The summed E-state index contributed by atoms with van der Waals surface area (Å²) in [6, 6.07) is 0.589. The predicted molar refractivity (Wildman–Crippen MR) is 90.5 cm³/mol. The van der Waals surface area contributed by atoms with Gasteiger partial charge in [-0.2, -0.15) is 0 Å². The summed E-state index contributed by atoms with van der Waals surface area (Å²) in [5.74, 6) is 0.328. The van der Waals surface area contributed by atoms with Gasteiger partial charge in [-0.3, -0.25) is 0 Å². The number of nitrogens with one attached hydrogen (secondary N) is 2. The molecule has 112 valence electrons. The van der Waals surface area contributed by atoms with Crippen molar-refractivity contribution in [3.05, 3.63) is 59.8 Å². The molecule has 0 fully saturated rings.